The maximum atomic E-state index is 3.84. The van der Waals surface area contributed by atoms with Crippen LogP contribution < -0.4 is 0 Å². The normalized spacial score (nSPS) is 11.3. The van der Waals surface area contributed by atoms with Crippen molar-refractivity contribution < 1.29 is 0 Å². The molecular weight excluding hydrogens is 122 g/mol. The molecule has 54 valence electrons. The molecule has 0 unspecified atom stereocenters. The van der Waals surface area contributed by atoms with E-state index in [9.17, 15) is 0 Å². The van der Waals surface area contributed by atoms with E-state index >= 15 is 0 Å². The van der Waals surface area contributed by atoms with Crippen LogP contribution in [0.25, 0.3) is 0 Å². The molecule has 0 aromatic rings. The van der Waals surface area contributed by atoms with Crippen LogP contribution in [0.3, 0.4) is 0 Å². The Morgan fingerprint density at radius 3 is 2.70 bits per heavy atom. The summed E-state index contributed by atoms with van der Waals surface area (Å²) in [4.78, 5) is 3.84. The number of nitrogens with zero attached hydrogens (tertiary/aromatic N) is 1. The lowest BCUT2D eigenvalue weighted by Crippen LogP contribution is -1.75. The Morgan fingerprint density at radius 2 is 2.30 bits per heavy atom. The van der Waals surface area contributed by atoms with Gasteiger partial charge in [-0.2, -0.15) is 0 Å². The lowest BCUT2D eigenvalue weighted by atomic mass is 10.2. The Labute approximate surface area is 62.9 Å². The van der Waals surface area contributed by atoms with Crippen LogP contribution in [0.2, 0.25) is 0 Å². The summed E-state index contributed by atoms with van der Waals surface area (Å²) in [6, 6.07) is 0. The van der Waals surface area contributed by atoms with Gasteiger partial charge in [-0.1, -0.05) is 12.8 Å². The summed E-state index contributed by atoms with van der Waals surface area (Å²) in [6.07, 6.45) is 4.69. The summed E-state index contributed by atoms with van der Waals surface area (Å²) in [5, 5.41) is 0. The van der Waals surface area contributed by atoms with Crippen LogP contribution in [0.5, 0.6) is 0 Å². The van der Waals surface area contributed by atoms with Gasteiger partial charge in [0.15, 0.2) is 0 Å². The molecule has 0 fully saturated rings. The first-order chi connectivity index (χ1) is 4.85. The molecule has 0 amide bonds. The number of allylic oxidation sites excluding steroid dienone is 2. The minimum atomic E-state index is 0.979. The van der Waals surface area contributed by atoms with Crippen molar-refractivity contribution in [3.8, 4) is 11.8 Å². The summed E-state index contributed by atoms with van der Waals surface area (Å²) in [5.41, 5.74) is 1.13. The molecule has 10 heavy (non-hydrogen) atoms. The minimum absolute atomic E-state index is 0.979. The van der Waals surface area contributed by atoms with E-state index in [2.05, 4.69) is 23.8 Å². The molecule has 0 heterocycles. The lowest BCUT2D eigenvalue weighted by molar-refractivity contribution is 1.17. The third-order valence-corrected chi connectivity index (χ3v) is 1.09. The van der Waals surface area contributed by atoms with E-state index in [1.165, 1.54) is 0 Å². The fourth-order valence-electron chi connectivity index (χ4n) is 0.573. The summed E-state index contributed by atoms with van der Waals surface area (Å²) in [7, 11) is 1.75. The van der Waals surface area contributed by atoms with Crippen LogP contribution in [-0.4, -0.2) is 13.3 Å². The highest BCUT2D eigenvalue weighted by Crippen LogP contribution is 1.95. The van der Waals surface area contributed by atoms with Gasteiger partial charge in [0.2, 0.25) is 0 Å². The molecule has 1 nitrogen and oxygen atoms in total. The van der Waals surface area contributed by atoms with E-state index in [0.717, 1.165) is 12.0 Å². The standard InChI is InChI=1S/C9H13N/c1-4-6-9(5-2)7-8-10-3/h7-8H,5H2,1-3H3/b9-7+,10-8?. The zero-order valence-corrected chi connectivity index (χ0v) is 6.81. The van der Waals surface area contributed by atoms with Crippen molar-refractivity contribution >= 4 is 6.21 Å². The average Bonchev–Trinajstić information content (AvgIpc) is 1.98. The van der Waals surface area contributed by atoms with Crippen LogP contribution in [0.15, 0.2) is 16.6 Å². The third-order valence-electron chi connectivity index (χ3n) is 1.09. The van der Waals surface area contributed by atoms with Crippen LogP contribution >= 0.6 is 0 Å². The van der Waals surface area contributed by atoms with Gasteiger partial charge in [0.1, 0.15) is 0 Å². The number of hydrogen-bond acceptors (Lipinski definition) is 1. The second-order valence-electron chi connectivity index (χ2n) is 1.83. The Hall–Kier alpha value is -1.03. The van der Waals surface area contributed by atoms with E-state index in [-0.39, 0.29) is 0 Å². The average molecular weight is 135 g/mol. The SMILES string of the molecule is CC#C/C(=C/C=NC)CC. The number of rotatable bonds is 2. The summed E-state index contributed by atoms with van der Waals surface area (Å²) in [5.74, 6) is 5.83. The van der Waals surface area contributed by atoms with Crippen LogP contribution in [0.4, 0.5) is 0 Å². The molecule has 0 bridgehead atoms. The predicted molar refractivity (Wildman–Crippen MR) is 46.2 cm³/mol. The molecule has 0 saturated heterocycles. The Bertz CT molecular complexity index is 189. The molecular formula is C9H13N. The van der Waals surface area contributed by atoms with Crippen LogP contribution in [0, 0.1) is 11.8 Å². The highest BCUT2D eigenvalue weighted by Gasteiger charge is 1.82. The Kier molecular flexibility index (Phi) is 5.47. The van der Waals surface area contributed by atoms with E-state index in [4.69, 9.17) is 0 Å². The van der Waals surface area contributed by atoms with Gasteiger partial charge >= 0.3 is 0 Å². The molecule has 0 aromatic carbocycles. The van der Waals surface area contributed by atoms with Gasteiger partial charge in [-0.15, -0.1) is 5.92 Å². The fraction of sp³-hybridized carbons (Fsp3) is 0.444. The number of aliphatic imine (C=N–C) groups is 1. The third kappa shape index (κ3) is 3.91. The predicted octanol–water partition coefficient (Wildman–Crippen LogP) is 2.05. The highest BCUT2D eigenvalue weighted by molar-refractivity contribution is 5.73. The van der Waals surface area contributed by atoms with Gasteiger partial charge in [-0.3, -0.25) is 4.99 Å². The Balaban J connectivity index is 4.13. The van der Waals surface area contributed by atoms with Crippen molar-refractivity contribution in [1.29, 1.82) is 0 Å². The molecule has 1 heteroatoms. The smallest absolute Gasteiger partial charge is 0.0277 e. The zero-order valence-electron chi connectivity index (χ0n) is 6.81. The van der Waals surface area contributed by atoms with Gasteiger partial charge in [0.25, 0.3) is 0 Å². The van der Waals surface area contributed by atoms with E-state index in [1.54, 1.807) is 13.3 Å². The molecule has 0 aliphatic carbocycles. The summed E-state index contributed by atoms with van der Waals surface area (Å²) < 4.78 is 0. The van der Waals surface area contributed by atoms with Gasteiger partial charge in [-0.25, -0.2) is 0 Å². The highest BCUT2D eigenvalue weighted by atomic mass is 14.6. The van der Waals surface area contributed by atoms with E-state index in [1.807, 2.05) is 13.0 Å². The molecule has 0 N–H and O–H groups in total. The zero-order chi connectivity index (χ0) is 7.82. The van der Waals surface area contributed by atoms with Crippen molar-refractivity contribution in [3.05, 3.63) is 11.6 Å². The van der Waals surface area contributed by atoms with E-state index in [0.29, 0.717) is 0 Å². The van der Waals surface area contributed by atoms with Crippen LogP contribution in [0.1, 0.15) is 20.3 Å². The largest absolute Gasteiger partial charge is 0.296 e. The fourth-order valence-corrected chi connectivity index (χ4v) is 0.573. The first kappa shape index (κ1) is 8.97. The van der Waals surface area contributed by atoms with Gasteiger partial charge in [-0.05, 0) is 19.4 Å². The molecule has 0 radical (unpaired) electrons. The van der Waals surface area contributed by atoms with E-state index < -0.39 is 0 Å². The second kappa shape index (κ2) is 6.10. The topological polar surface area (TPSA) is 12.4 Å². The monoisotopic (exact) mass is 135 g/mol. The van der Waals surface area contributed by atoms with Gasteiger partial charge in [0.05, 0.1) is 0 Å². The Morgan fingerprint density at radius 1 is 1.60 bits per heavy atom. The molecule has 0 aromatic heterocycles. The molecule has 0 rings (SSSR count). The second-order valence-corrected chi connectivity index (χ2v) is 1.83. The quantitative estimate of drug-likeness (QED) is 0.406. The maximum Gasteiger partial charge on any atom is 0.0277 e. The molecule has 0 saturated carbocycles. The van der Waals surface area contributed by atoms with Crippen molar-refractivity contribution in [1.82, 2.24) is 0 Å². The van der Waals surface area contributed by atoms with Crippen molar-refractivity contribution in [2.45, 2.75) is 20.3 Å². The first-order valence-corrected chi connectivity index (χ1v) is 3.39. The maximum absolute atomic E-state index is 3.84. The van der Waals surface area contributed by atoms with Crippen molar-refractivity contribution in [2.75, 3.05) is 7.05 Å². The molecule has 0 aliphatic heterocycles. The van der Waals surface area contributed by atoms with Crippen LogP contribution in [-0.2, 0) is 0 Å². The number of hydrogen-bond donors (Lipinski definition) is 0. The summed E-state index contributed by atoms with van der Waals surface area (Å²) in [6.45, 7) is 3.92. The lowest BCUT2D eigenvalue weighted by Gasteiger charge is -1.87. The first-order valence-electron chi connectivity index (χ1n) is 3.39. The van der Waals surface area contributed by atoms with Gasteiger partial charge < -0.3 is 0 Å². The van der Waals surface area contributed by atoms with Crippen molar-refractivity contribution in [2.24, 2.45) is 4.99 Å². The van der Waals surface area contributed by atoms with Crippen molar-refractivity contribution in [3.63, 3.8) is 0 Å². The summed E-state index contributed by atoms with van der Waals surface area (Å²) >= 11 is 0. The molecule has 0 atom stereocenters. The van der Waals surface area contributed by atoms with Gasteiger partial charge in [0, 0.05) is 18.8 Å². The molecule has 0 spiro atoms. The molecule has 0 aliphatic rings. The minimum Gasteiger partial charge on any atom is -0.296 e.